The highest BCUT2D eigenvalue weighted by molar-refractivity contribution is 9.10. The molecule has 2 atom stereocenters. The van der Waals surface area contributed by atoms with E-state index in [0.29, 0.717) is 12.0 Å². The summed E-state index contributed by atoms with van der Waals surface area (Å²) in [4.78, 5) is 0. The van der Waals surface area contributed by atoms with Crippen LogP contribution >= 0.6 is 39.3 Å². The largest absolute Gasteiger partial charge is 0.316 e. The van der Waals surface area contributed by atoms with E-state index in [9.17, 15) is 0 Å². The van der Waals surface area contributed by atoms with Gasteiger partial charge in [-0.2, -0.15) is 11.8 Å². The number of hydrogen-bond acceptors (Lipinski definition) is 2. The summed E-state index contributed by atoms with van der Waals surface area (Å²) in [6, 6.07) is 6.80. The Morgan fingerprint density at radius 1 is 1.50 bits per heavy atom. The topological polar surface area (TPSA) is 12.0 Å². The monoisotopic (exact) mass is 319 g/mol. The lowest BCUT2D eigenvalue weighted by atomic mass is 9.95. The van der Waals surface area contributed by atoms with Crippen LogP contribution in [0.15, 0.2) is 22.7 Å². The van der Waals surface area contributed by atoms with Crippen LogP contribution in [0.3, 0.4) is 0 Å². The number of nitrogens with one attached hydrogen (secondary N) is 1. The first-order valence-electron chi connectivity index (χ1n) is 5.39. The van der Waals surface area contributed by atoms with Crippen molar-refractivity contribution < 1.29 is 0 Å². The first-order chi connectivity index (χ1) is 7.70. The molecule has 0 amide bonds. The molecular weight excluding hydrogens is 306 g/mol. The lowest BCUT2D eigenvalue weighted by molar-refractivity contribution is 0.453. The second-order valence-electron chi connectivity index (χ2n) is 4.13. The van der Waals surface area contributed by atoms with Crippen LogP contribution in [-0.2, 0) is 6.42 Å². The molecule has 88 valence electrons. The minimum Gasteiger partial charge on any atom is -0.316 e. The summed E-state index contributed by atoms with van der Waals surface area (Å²) in [6.45, 7) is 0. The first kappa shape index (κ1) is 12.7. The predicted molar refractivity (Wildman–Crippen MR) is 76.5 cm³/mol. The summed E-state index contributed by atoms with van der Waals surface area (Å²) in [7, 11) is 2.05. The number of halogens is 2. The summed E-state index contributed by atoms with van der Waals surface area (Å²) in [5, 5.41) is 4.27. The zero-order valence-electron chi connectivity index (χ0n) is 9.17. The average molecular weight is 321 g/mol. The van der Waals surface area contributed by atoms with Crippen LogP contribution in [0.4, 0.5) is 0 Å². The van der Waals surface area contributed by atoms with Gasteiger partial charge in [-0.1, -0.05) is 33.6 Å². The van der Waals surface area contributed by atoms with Crippen molar-refractivity contribution in [3.8, 4) is 0 Å². The van der Waals surface area contributed by atoms with Gasteiger partial charge in [0.1, 0.15) is 0 Å². The van der Waals surface area contributed by atoms with E-state index in [1.165, 1.54) is 17.1 Å². The molecule has 0 aromatic heterocycles. The average Bonchev–Trinajstić information content (AvgIpc) is 2.69. The number of rotatable bonds is 3. The molecule has 0 saturated carbocycles. The lowest BCUT2D eigenvalue weighted by Crippen LogP contribution is -2.33. The van der Waals surface area contributed by atoms with Gasteiger partial charge in [-0.3, -0.25) is 0 Å². The van der Waals surface area contributed by atoms with Gasteiger partial charge in [-0.25, -0.2) is 0 Å². The van der Waals surface area contributed by atoms with E-state index in [-0.39, 0.29) is 0 Å². The molecule has 4 heteroatoms. The Morgan fingerprint density at radius 3 is 3.00 bits per heavy atom. The van der Waals surface area contributed by atoms with Gasteiger partial charge < -0.3 is 5.32 Å². The maximum Gasteiger partial charge on any atom is 0.0449 e. The molecule has 1 nitrogen and oxygen atoms in total. The SMILES string of the molecule is CNC1CSCC1Cc1ccc(Br)cc1Cl. The van der Waals surface area contributed by atoms with Crippen LogP contribution in [0.5, 0.6) is 0 Å². The van der Waals surface area contributed by atoms with Gasteiger partial charge in [-0.15, -0.1) is 0 Å². The Hall–Kier alpha value is 0.300. The summed E-state index contributed by atoms with van der Waals surface area (Å²) in [5.74, 6) is 3.15. The maximum absolute atomic E-state index is 6.24. The van der Waals surface area contributed by atoms with Crippen LogP contribution in [0.1, 0.15) is 5.56 Å². The van der Waals surface area contributed by atoms with Crippen molar-refractivity contribution in [2.45, 2.75) is 12.5 Å². The normalized spacial score (nSPS) is 24.9. The standard InChI is InChI=1S/C12H15BrClNS/c1-15-12-7-16-6-9(12)4-8-2-3-10(13)5-11(8)14/h2-3,5,9,12,15H,4,6-7H2,1H3. The Balaban J connectivity index is 2.08. The van der Waals surface area contributed by atoms with Gasteiger partial charge in [0.25, 0.3) is 0 Å². The highest BCUT2D eigenvalue weighted by atomic mass is 79.9. The van der Waals surface area contributed by atoms with Crippen LogP contribution in [0.2, 0.25) is 5.02 Å². The van der Waals surface area contributed by atoms with Gasteiger partial charge in [-0.05, 0) is 42.8 Å². The second-order valence-corrected chi connectivity index (χ2v) is 6.53. The summed E-state index contributed by atoms with van der Waals surface area (Å²) in [5.41, 5.74) is 1.26. The molecule has 1 aliphatic heterocycles. The van der Waals surface area contributed by atoms with Crippen molar-refractivity contribution in [3.05, 3.63) is 33.3 Å². The molecule has 2 unspecified atom stereocenters. The highest BCUT2D eigenvalue weighted by Crippen LogP contribution is 2.30. The van der Waals surface area contributed by atoms with Crippen LogP contribution < -0.4 is 5.32 Å². The molecule has 0 radical (unpaired) electrons. The second kappa shape index (κ2) is 5.76. The fourth-order valence-electron chi connectivity index (χ4n) is 2.09. The third kappa shape index (κ3) is 2.95. The molecule has 1 fully saturated rings. The van der Waals surface area contributed by atoms with Crippen molar-refractivity contribution in [3.63, 3.8) is 0 Å². The minimum atomic E-state index is 0.629. The summed E-state index contributed by atoms with van der Waals surface area (Å²) >= 11 is 11.7. The van der Waals surface area contributed by atoms with E-state index < -0.39 is 0 Å². The zero-order chi connectivity index (χ0) is 11.5. The molecule has 1 N–H and O–H groups in total. The van der Waals surface area contributed by atoms with Crippen molar-refractivity contribution in [1.82, 2.24) is 5.32 Å². The molecule has 16 heavy (non-hydrogen) atoms. The van der Waals surface area contributed by atoms with E-state index in [1.807, 2.05) is 24.9 Å². The molecule has 0 spiro atoms. The molecule has 1 aromatic rings. The van der Waals surface area contributed by atoms with Crippen molar-refractivity contribution in [1.29, 1.82) is 0 Å². The molecule has 0 aliphatic carbocycles. The quantitative estimate of drug-likeness (QED) is 0.913. The molecule has 1 heterocycles. The predicted octanol–water partition coefficient (Wildman–Crippen LogP) is 3.60. The van der Waals surface area contributed by atoms with E-state index in [0.717, 1.165) is 15.9 Å². The number of thioether (sulfide) groups is 1. The molecule has 1 aromatic carbocycles. The summed E-state index contributed by atoms with van der Waals surface area (Å²) < 4.78 is 1.05. The van der Waals surface area contributed by atoms with Crippen molar-refractivity contribution in [2.24, 2.45) is 5.92 Å². The van der Waals surface area contributed by atoms with Gasteiger partial charge >= 0.3 is 0 Å². The summed E-state index contributed by atoms with van der Waals surface area (Å²) in [6.07, 6.45) is 1.07. The Labute approximate surface area is 114 Å². The molecule has 0 bridgehead atoms. The van der Waals surface area contributed by atoms with Crippen LogP contribution in [0.25, 0.3) is 0 Å². The Morgan fingerprint density at radius 2 is 2.31 bits per heavy atom. The Kier molecular flexibility index (Phi) is 4.59. The fourth-order valence-corrected chi connectivity index (χ4v) is 4.32. The van der Waals surface area contributed by atoms with Gasteiger partial charge in [0, 0.05) is 21.3 Å². The van der Waals surface area contributed by atoms with E-state index in [1.54, 1.807) is 0 Å². The molecule has 2 rings (SSSR count). The van der Waals surface area contributed by atoms with E-state index in [2.05, 4.69) is 33.4 Å². The third-order valence-electron chi connectivity index (χ3n) is 3.07. The highest BCUT2D eigenvalue weighted by Gasteiger charge is 2.26. The first-order valence-corrected chi connectivity index (χ1v) is 7.72. The molecular formula is C12H15BrClNS. The minimum absolute atomic E-state index is 0.629. The number of hydrogen-bond donors (Lipinski definition) is 1. The molecule has 1 aliphatic rings. The zero-order valence-corrected chi connectivity index (χ0v) is 12.3. The third-order valence-corrected chi connectivity index (χ3v) is 5.17. The van der Waals surface area contributed by atoms with Crippen molar-refractivity contribution in [2.75, 3.05) is 18.6 Å². The van der Waals surface area contributed by atoms with Crippen LogP contribution in [-0.4, -0.2) is 24.6 Å². The lowest BCUT2D eigenvalue weighted by Gasteiger charge is -2.18. The van der Waals surface area contributed by atoms with Gasteiger partial charge in [0.15, 0.2) is 0 Å². The Bertz CT molecular complexity index is 372. The van der Waals surface area contributed by atoms with Gasteiger partial charge in [0.2, 0.25) is 0 Å². The smallest absolute Gasteiger partial charge is 0.0449 e. The van der Waals surface area contributed by atoms with Crippen molar-refractivity contribution >= 4 is 39.3 Å². The maximum atomic E-state index is 6.24. The number of benzene rings is 1. The van der Waals surface area contributed by atoms with Gasteiger partial charge in [0.05, 0.1) is 0 Å². The van der Waals surface area contributed by atoms with Crippen LogP contribution in [0, 0.1) is 5.92 Å². The van der Waals surface area contributed by atoms with E-state index >= 15 is 0 Å². The fraction of sp³-hybridized carbons (Fsp3) is 0.500. The molecule has 1 saturated heterocycles. The van der Waals surface area contributed by atoms with E-state index in [4.69, 9.17) is 11.6 Å².